The summed E-state index contributed by atoms with van der Waals surface area (Å²) in [5.41, 5.74) is 9.00. The first kappa shape index (κ1) is 10.3. The summed E-state index contributed by atoms with van der Waals surface area (Å²) in [6.07, 6.45) is 0. The maximum absolute atomic E-state index is 5.62. The van der Waals surface area contributed by atoms with Gasteiger partial charge in [-0.15, -0.1) is 0 Å². The van der Waals surface area contributed by atoms with Crippen molar-refractivity contribution >= 4 is 17.2 Å². The second-order valence-corrected chi connectivity index (χ2v) is 4.05. The molecule has 0 amide bonds. The third-order valence-corrected chi connectivity index (χ3v) is 2.49. The summed E-state index contributed by atoms with van der Waals surface area (Å²) in [6.45, 7) is 8.45. The van der Waals surface area contributed by atoms with Crippen LogP contribution >= 0.6 is 12.2 Å². The van der Waals surface area contributed by atoms with E-state index in [9.17, 15) is 0 Å². The van der Waals surface area contributed by atoms with E-state index in [0.29, 0.717) is 11.0 Å². The van der Waals surface area contributed by atoms with Gasteiger partial charge in [-0.05, 0) is 33.8 Å². The average molecular weight is 196 g/mol. The van der Waals surface area contributed by atoms with Crippen molar-refractivity contribution in [2.24, 2.45) is 5.73 Å². The molecule has 1 rings (SSSR count). The predicted molar refractivity (Wildman–Crippen MR) is 60.2 cm³/mol. The van der Waals surface area contributed by atoms with E-state index in [1.54, 1.807) is 0 Å². The first-order chi connectivity index (χ1) is 5.95. The molecule has 1 aromatic rings. The maximum Gasteiger partial charge on any atom is 0.105 e. The summed E-state index contributed by atoms with van der Waals surface area (Å²) >= 11 is 4.97. The van der Waals surface area contributed by atoms with E-state index >= 15 is 0 Å². The van der Waals surface area contributed by atoms with Crippen LogP contribution in [0.1, 0.15) is 36.8 Å². The van der Waals surface area contributed by atoms with Crippen LogP contribution in [0.15, 0.2) is 6.07 Å². The summed E-state index contributed by atoms with van der Waals surface area (Å²) in [5, 5.41) is 0. The molecule has 0 aliphatic carbocycles. The van der Waals surface area contributed by atoms with Gasteiger partial charge in [0.1, 0.15) is 4.99 Å². The first-order valence-electron chi connectivity index (χ1n) is 4.43. The highest BCUT2D eigenvalue weighted by Crippen LogP contribution is 2.19. The number of hydrogen-bond donors (Lipinski definition) is 1. The standard InChI is InChI=1S/C10H16N2S/c1-6(2)12-7(3)5-9(8(12)4)10(11)13/h5-6H,1-4H3,(H2,11,13). The lowest BCUT2D eigenvalue weighted by atomic mass is 10.2. The van der Waals surface area contributed by atoms with E-state index in [-0.39, 0.29) is 0 Å². The molecule has 0 atom stereocenters. The number of nitrogens with two attached hydrogens (primary N) is 1. The predicted octanol–water partition coefficient (Wildman–Crippen LogP) is 2.32. The van der Waals surface area contributed by atoms with Crippen molar-refractivity contribution in [1.29, 1.82) is 0 Å². The summed E-state index contributed by atoms with van der Waals surface area (Å²) < 4.78 is 2.24. The van der Waals surface area contributed by atoms with Crippen molar-refractivity contribution in [3.8, 4) is 0 Å². The van der Waals surface area contributed by atoms with Gasteiger partial charge in [-0.2, -0.15) is 0 Å². The highest BCUT2D eigenvalue weighted by atomic mass is 32.1. The van der Waals surface area contributed by atoms with Gasteiger partial charge in [0.05, 0.1) is 0 Å². The second-order valence-electron chi connectivity index (χ2n) is 3.61. The van der Waals surface area contributed by atoms with Crippen LogP contribution in [0, 0.1) is 13.8 Å². The van der Waals surface area contributed by atoms with Gasteiger partial charge in [0.25, 0.3) is 0 Å². The molecule has 1 heterocycles. The van der Waals surface area contributed by atoms with E-state index in [1.165, 1.54) is 11.4 Å². The van der Waals surface area contributed by atoms with Crippen molar-refractivity contribution in [3.63, 3.8) is 0 Å². The Morgan fingerprint density at radius 3 is 2.23 bits per heavy atom. The van der Waals surface area contributed by atoms with Gasteiger partial charge in [0.2, 0.25) is 0 Å². The molecule has 0 fully saturated rings. The van der Waals surface area contributed by atoms with Crippen LogP contribution in [0.2, 0.25) is 0 Å². The molecule has 0 saturated carbocycles. The number of thiocarbonyl (C=S) groups is 1. The normalized spacial score (nSPS) is 10.8. The van der Waals surface area contributed by atoms with Crippen LogP contribution in [0.25, 0.3) is 0 Å². The fraction of sp³-hybridized carbons (Fsp3) is 0.500. The molecule has 1 aromatic heterocycles. The smallest absolute Gasteiger partial charge is 0.105 e. The van der Waals surface area contributed by atoms with Crippen LogP contribution in [-0.4, -0.2) is 9.56 Å². The Morgan fingerprint density at radius 1 is 1.46 bits per heavy atom. The lowest BCUT2D eigenvalue weighted by Crippen LogP contribution is -2.11. The molecule has 2 N–H and O–H groups in total. The van der Waals surface area contributed by atoms with E-state index in [2.05, 4.69) is 38.3 Å². The van der Waals surface area contributed by atoms with Crippen molar-refractivity contribution < 1.29 is 0 Å². The minimum atomic E-state index is 0.461. The third-order valence-electron chi connectivity index (χ3n) is 2.27. The van der Waals surface area contributed by atoms with Gasteiger partial charge in [0, 0.05) is 23.0 Å². The highest BCUT2D eigenvalue weighted by Gasteiger charge is 2.12. The molecular weight excluding hydrogens is 180 g/mol. The van der Waals surface area contributed by atoms with Crippen molar-refractivity contribution in [1.82, 2.24) is 4.57 Å². The number of aromatic nitrogens is 1. The second kappa shape index (κ2) is 3.50. The Morgan fingerprint density at radius 2 is 2.00 bits per heavy atom. The molecular formula is C10H16N2S. The molecule has 72 valence electrons. The Balaban J connectivity index is 3.30. The molecule has 2 nitrogen and oxygen atoms in total. The molecule has 0 spiro atoms. The lowest BCUT2D eigenvalue weighted by Gasteiger charge is -2.13. The molecule has 0 aromatic carbocycles. The fourth-order valence-electron chi connectivity index (χ4n) is 1.82. The zero-order valence-electron chi connectivity index (χ0n) is 8.59. The summed E-state index contributed by atoms with van der Waals surface area (Å²) in [7, 11) is 0. The molecule has 0 bridgehead atoms. The van der Waals surface area contributed by atoms with Crippen LogP contribution < -0.4 is 5.73 Å². The number of nitrogens with zero attached hydrogens (tertiary/aromatic N) is 1. The third kappa shape index (κ3) is 1.75. The number of rotatable bonds is 2. The summed E-state index contributed by atoms with van der Waals surface area (Å²) in [6, 6.07) is 2.51. The molecule has 3 heteroatoms. The largest absolute Gasteiger partial charge is 0.389 e. The van der Waals surface area contributed by atoms with Gasteiger partial charge in [-0.3, -0.25) is 0 Å². The highest BCUT2D eigenvalue weighted by molar-refractivity contribution is 7.80. The molecule has 0 radical (unpaired) electrons. The van der Waals surface area contributed by atoms with Gasteiger partial charge < -0.3 is 10.3 Å². The van der Waals surface area contributed by atoms with Gasteiger partial charge >= 0.3 is 0 Å². The Labute approximate surface area is 84.7 Å². The van der Waals surface area contributed by atoms with Crippen LogP contribution in [-0.2, 0) is 0 Å². The van der Waals surface area contributed by atoms with E-state index < -0.39 is 0 Å². The van der Waals surface area contributed by atoms with Crippen molar-refractivity contribution in [2.75, 3.05) is 0 Å². The van der Waals surface area contributed by atoms with Gasteiger partial charge in [-0.25, -0.2) is 0 Å². The molecule has 13 heavy (non-hydrogen) atoms. The quantitative estimate of drug-likeness (QED) is 0.736. The Hall–Kier alpha value is -0.830. The van der Waals surface area contributed by atoms with E-state index in [4.69, 9.17) is 18.0 Å². The SMILES string of the molecule is Cc1cc(C(N)=S)c(C)n1C(C)C. The lowest BCUT2D eigenvalue weighted by molar-refractivity contribution is 0.574. The van der Waals surface area contributed by atoms with E-state index in [1.807, 2.05) is 0 Å². The topological polar surface area (TPSA) is 30.9 Å². The molecule has 0 aliphatic rings. The summed E-state index contributed by atoms with van der Waals surface area (Å²) in [5.74, 6) is 0. The maximum atomic E-state index is 5.62. The molecule has 0 unspecified atom stereocenters. The first-order valence-corrected chi connectivity index (χ1v) is 4.84. The van der Waals surface area contributed by atoms with Crippen LogP contribution in [0.4, 0.5) is 0 Å². The average Bonchev–Trinajstić information content (AvgIpc) is 2.26. The summed E-state index contributed by atoms with van der Waals surface area (Å²) in [4.78, 5) is 0.486. The molecule has 0 saturated heterocycles. The zero-order valence-corrected chi connectivity index (χ0v) is 9.40. The molecule has 0 aliphatic heterocycles. The Kier molecular flexibility index (Phi) is 2.76. The van der Waals surface area contributed by atoms with Crippen molar-refractivity contribution in [3.05, 3.63) is 23.0 Å². The minimum Gasteiger partial charge on any atom is -0.389 e. The minimum absolute atomic E-state index is 0.461. The fourth-order valence-corrected chi connectivity index (χ4v) is 2.03. The van der Waals surface area contributed by atoms with Gasteiger partial charge in [-0.1, -0.05) is 12.2 Å². The monoisotopic (exact) mass is 196 g/mol. The van der Waals surface area contributed by atoms with Crippen molar-refractivity contribution in [2.45, 2.75) is 33.7 Å². The number of hydrogen-bond acceptors (Lipinski definition) is 1. The zero-order chi connectivity index (χ0) is 10.2. The van der Waals surface area contributed by atoms with Crippen LogP contribution in [0.3, 0.4) is 0 Å². The van der Waals surface area contributed by atoms with E-state index in [0.717, 1.165) is 5.56 Å². The van der Waals surface area contributed by atoms with Gasteiger partial charge in [0.15, 0.2) is 0 Å². The Bertz CT molecular complexity index is 337. The number of aryl methyl sites for hydroxylation is 1. The van der Waals surface area contributed by atoms with Crippen LogP contribution in [0.5, 0.6) is 0 Å².